The molecule has 2 N–H and O–H groups in total. The van der Waals surface area contributed by atoms with Gasteiger partial charge in [0, 0.05) is 31.4 Å². The molecule has 0 bridgehead atoms. The van der Waals surface area contributed by atoms with Crippen LogP contribution in [0.15, 0.2) is 60.1 Å². The quantitative estimate of drug-likeness (QED) is 0.657. The Morgan fingerprint density at radius 1 is 1.18 bits per heavy atom. The van der Waals surface area contributed by atoms with Gasteiger partial charge < -0.3 is 15.2 Å². The largest absolute Gasteiger partial charge is 0.494 e. The third kappa shape index (κ3) is 4.62. The van der Waals surface area contributed by atoms with Crippen LogP contribution in [0, 0.1) is 5.82 Å². The van der Waals surface area contributed by atoms with Crippen molar-refractivity contribution in [1.29, 1.82) is 0 Å². The number of hydrogen-bond donors (Lipinski definition) is 1. The minimum absolute atomic E-state index is 0.0667. The maximum Gasteiger partial charge on any atom is 0.264 e. The summed E-state index contributed by atoms with van der Waals surface area (Å²) in [5.74, 6) is -0.207. The molecule has 1 aliphatic heterocycles. The van der Waals surface area contributed by atoms with Crippen molar-refractivity contribution < 1.29 is 18.7 Å². The average molecular weight is 449 g/mol. The molecule has 1 amide bonds. The number of carbonyl (C=O) groups is 1. The van der Waals surface area contributed by atoms with Gasteiger partial charge >= 0.3 is 0 Å². The van der Waals surface area contributed by atoms with Crippen LogP contribution in [0.2, 0.25) is 0 Å². The van der Waals surface area contributed by atoms with E-state index in [0.29, 0.717) is 23.3 Å². The number of methoxy groups -OCH3 is 1. The third-order valence-electron chi connectivity index (χ3n) is 5.48. The number of hydrogen-bond acceptors (Lipinski definition) is 7. The molecule has 0 saturated carbocycles. The van der Waals surface area contributed by atoms with E-state index < -0.39 is 11.4 Å². The standard InChI is InChI=1S/C24H24FN5O3/c1-24(10-15-4-6-21(32-3)19(25)8-15)13-29-23(26)30(2)22(31)18-9-16(5-7-20(18)33-24)17-11-27-14-28-12-17/h4-9,11-12,14H,10,13H2,1-3H3,(H2,26,29). The Morgan fingerprint density at radius 3 is 2.64 bits per heavy atom. The lowest BCUT2D eigenvalue weighted by Gasteiger charge is -2.30. The Kier molecular flexibility index (Phi) is 5.95. The topological polar surface area (TPSA) is 103 Å². The maximum absolute atomic E-state index is 14.3. The van der Waals surface area contributed by atoms with Crippen LogP contribution in [0.1, 0.15) is 22.8 Å². The summed E-state index contributed by atoms with van der Waals surface area (Å²) in [5, 5.41) is 0. The highest BCUT2D eigenvalue weighted by molar-refractivity contribution is 6.07. The first-order valence-corrected chi connectivity index (χ1v) is 10.3. The first kappa shape index (κ1) is 22.2. The van der Waals surface area contributed by atoms with Gasteiger partial charge in [-0.25, -0.2) is 19.4 Å². The van der Waals surface area contributed by atoms with Crippen LogP contribution in [-0.4, -0.2) is 53.0 Å². The number of fused-ring (bicyclic) bond motifs is 1. The molecule has 0 fully saturated rings. The van der Waals surface area contributed by atoms with Gasteiger partial charge in [0.25, 0.3) is 5.91 Å². The molecule has 1 aliphatic rings. The summed E-state index contributed by atoms with van der Waals surface area (Å²) in [5.41, 5.74) is 7.73. The number of aromatic nitrogens is 2. The SMILES string of the molecule is COc1ccc(CC2(C)CN=C(N)N(C)C(=O)c3cc(-c4cncnc4)ccc3O2)cc1F. The molecule has 1 atom stereocenters. The molecule has 0 saturated heterocycles. The molecule has 3 aromatic rings. The monoisotopic (exact) mass is 449 g/mol. The molecular weight excluding hydrogens is 425 g/mol. The minimum Gasteiger partial charge on any atom is -0.494 e. The highest BCUT2D eigenvalue weighted by Crippen LogP contribution is 2.32. The van der Waals surface area contributed by atoms with Crippen LogP contribution in [0.25, 0.3) is 11.1 Å². The first-order chi connectivity index (χ1) is 15.8. The minimum atomic E-state index is -0.900. The fourth-order valence-electron chi connectivity index (χ4n) is 3.69. The Labute approximate surface area is 190 Å². The zero-order chi connectivity index (χ0) is 23.6. The molecule has 0 aliphatic carbocycles. The number of nitrogens with zero attached hydrogens (tertiary/aromatic N) is 4. The molecule has 0 radical (unpaired) electrons. The maximum atomic E-state index is 14.3. The van der Waals surface area contributed by atoms with Crippen LogP contribution >= 0.6 is 0 Å². The number of benzene rings is 2. The predicted octanol–water partition coefficient (Wildman–Crippen LogP) is 3.07. The number of guanidine groups is 1. The van der Waals surface area contributed by atoms with Crippen molar-refractivity contribution in [3.63, 3.8) is 0 Å². The number of nitrogens with two attached hydrogens (primary N) is 1. The first-order valence-electron chi connectivity index (χ1n) is 10.3. The van der Waals surface area contributed by atoms with Crippen LogP contribution < -0.4 is 15.2 Å². The molecule has 170 valence electrons. The number of carbonyl (C=O) groups excluding carboxylic acids is 1. The van der Waals surface area contributed by atoms with E-state index in [2.05, 4.69) is 15.0 Å². The smallest absolute Gasteiger partial charge is 0.264 e. The molecule has 8 nitrogen and oxygen atoms in total. The molecule has 4 rings (SSSR count). The van der Waals surface area contributed by atoms with E-state index in [4.69, 9.17) is 15.2 Å². The summed E-state index contributed by atoms with van der Waals surface area (Å²) in [6.45, 7) is 2.02. The van der Waals surface area contributed by atoms with Crippen molar-refractivity contribution >= 4 is 11.9 Å². The lowest BCUT2D eigenvalue weighted by Crippen LogP contribution is -2.40. The molecule has 2 heterocycles. The van der Waals surface area contributed by atoms with Crippen molar-refractivity contribution in [2.75, 3.05) is 20.7 Å². The zero-order valence-electron chi connectivity index (χ0n) is 18.6. The molecule has 1 aromatic heterocycles. The van der Waals surface area contributed by atoms with Gasteiger partial charge in [-0.2, -0.15) is 0 Å². The van der Waals surface area contributed by atoms with E-state index in [9.17, 15) is 9.18 Å². The third-order valence-corrected chi connectivity index (χ3v) is 5.48. The van der Waals surface area contributed by atoms with E-state index in [0.717, 1.165) is 11.1 Å². The van der Waals surface area contributed by atoms with Gasteiger partial charge in [-0.05, 0) is 42.3 Å². The second kappa shape index (κ2) is 8.85. The second-order valence-corrected chi connectivity index (χ2v) is 8.07. The number of aliphatic imine (C=N–C) groups is 1. The predicted molar refractivity (Wildman–Crippen MR) is 122 cm³/mol. The van der Waals surface area contributed by atoms with Gasteiger partial charge in [0.15, 0.2) is 17.5 Å². The van der Waals surface area contributed by atoms with Crippen LogP contribution in [0.4, 0.5) is 4.39 Å². The van der Waals surface area contributed by atoms with Crippen molar-refractivity contribution in [2.24, 2.45) is 10.7 Å². The molecule has 0 spiro atoms. The zero-order valence-corrected chi connectivity index (χ0v) is 18.6. The van der Waals surface area contributed by atoms with E-state index in [1.807, 2.05) is 13.0 Å². The van der Waals surface area contributed by atoms with Crippen LogP contribution in [0.5, 0.6) is 11.5 Å². The summed E-state index contributed by atoms with van der Waals surface area (Å²) in [6, 6.07) is 10.0. The number of halogens is 1. The Hall–Kier alpha value is -4.01. The van der Waals surface area contributed by atoms with Crippen molar-refractivity contribution in [1.82, 2.24) is 14.9 Å². The Morgan fingerprint density at radius 2 is 1.94 bits per heavy atom. The summed E-state index contributed by atoms with van der Waals surface area (Å²) in [7, 11) is 2.98. The van der Waals surface area contributed by atoms with E-state index in [1.54, 1.807) is 43.7 Å². The van der Waals surface area contributed by atoms with Gasteiger partial charge in [0.05, 0.1) is 19.2 Å². The van der Waals surface area contributed by atoms with Crippen molar-refractivity contribution in [3.05, 3.63) is 72.1 Å². The highest BCUT2D eigenvalue weighted by Gasteiger charge is 2.32. The lowest BCUT2D eigenvalue weighted by molar-refractivity contribution is 0.0842. The summed E-state index contributed by atoms with van der Waals surface area (Å²) in [6.07, 6.45) is 5.10. The van der Waals surface area contributed by atoms with Crippen LogP contribution in [0.3, 0.4) is 0 Å². The van der Waals surface area contributed by atoms with Gasteiger partial charge in [-0.15, -0.1) is 0 Å². The van der Waals surface area contributed by atoms with Gasteiger partial charge in [0.2, 0.25) is 0 Å². The van der Waals surface area contributed by atoms with Gasteiger partial charge in [-0.1, -0.05) is 12.1 Å². The molecular formula is C24H24FN5O3. The molecule has 1 unspecified atom stereocenters. The van der Waals surface area contributed by atoms with E-state index >= 15 is 0 Å². The average Bonchev–Trinajstić information content (AvgIpc) is 2.85. The van der Waals surface area contributed by atoms with Crippen molar-refractivity contribution in [3.8, 4) is 22.6 Å². The Balaban J connectivity index is 1.75. The second-order valence-electron chi connectivity index (χ2n) is 8.07. The van der Waals surface area contributed by atoms with E-state index in [1.165, 1.54) is 24.4 Å². The number of ether oxygens (including phenoxy) is 2. The molecule has 9 heteroatoms. The summed E-state index contributed by atoms with van der Waals surface area (Å²) in [4.78, 5) is 27.0. The number of amides is 1. The molecule has 2 aromatic carbocycles. The fraction of sp³-hybridized carbons (Fsp3) is 0.250. The lowest BCUT2D eigenvalue weighted by atomic mass is 9.95. The normalized spacial score (nSPS) is 18.4. The highest BCUT2D eigenvalue weighted by atomic mass is 19.1. The fourth-order valence-corrected chi connectivity index (χ4v) is 3.69. The number of rotatable bonds is 4. The molecule has 33 heavy (non-hydrogen) atoms. The summed E-state index contributed by atoms with van der Waals surface area (Å²) >= 11 is 0. The van der Waals surface area contributed by atoms with Gasteiger partial charge in [-0.3, -0.25) is 9.69 Å². The van der Waals surface area contributed by atoms with Crippen molar-refractivity contribution in [2.45, 2.75) is 18.9 Å². The van der Waals surface area contributed by atoms with Crippen LogP contribution in [-0.2, 0) is 6.42 Å². The van der Waals surface area contributed by atoms with E-state index in [-0.39, 0.29) is 24.2 Å². The Bertz CT molecular complexity index is 1220. The summed E-state index contributed by atoms with van der Waals surface area (Å²) < 4.78 is 25.6. The van der Waals surface area contributed by atoms with Gasteiger partial charge in [0.1, 0.15) is 17.7 Å².